The van der Waals surface area contributed by atoms with Gasteiger partial charge in [0.15, 0.2) is 0 Å². The molecule has 2 N–H and O–H groups in total. The molecule has 0 heterocycles. The molecule has 2 heteroatoms. The van der Waals surface area contributed by atoms with E-state index < -0.39 is 0 Å². The van der Waals surface area contributed by atoms with E-state index in [2.05, 4.69) is 51.1 Å². The van der Waals surface area contributed by atoms with Crippen LogP contribution in [-0.2, 0) is 5.41 Å². The van der Waals surface area contributed by atoms with Gasteiger partial charge < -0.3 is 5.73 Å². The van der Waals surface area contributed by atoms with Crippen molar-refractivity contribution in [3.05, 3.63) is 35.9 Å². The van der Waals surface area contributed by atoms with Gasteiger partial charge in [-0.2, -0.15) is 0 Å². The van der Waals surface area contributed by atoms with Crippen molar-refractivity contribution in [1.29, 1.82) is 0 Å². The minimum atomic E-state index is 0. The Morgan fingerprint density at radius 1 is 1.24 bits per heavy atom. The molecule has 3 rings (SSSR count). The van der Waals surface area contributed by atoms with Gasteiger partial charge in [0.05, 0.1) is 4.99 Å². The molecule has 0 spiro atoms. The first-order chi connectivity index (χ1) is 9.84. The van der Waals surface area contributed by atoms with E-state index in [-0.39, 0.29) is 12.3 Å². The van der Waals surface area contributed by atoms with Crippen LogP contribution in [0.5, 0.6) is 0 Å². The van der Waals surface area contributed by atoms with Crippen LogP contribution in [0.4, 0.5) is 0 Å². The largest absolute Gasteiger partial charge is 0.393 e. The van der Waals surface area contributed by atoms with Gasteiger partial charge in [0, 0.05) is 6.84 Å². The Morgan fingerprint density at radius 2 is 1.90 bits per heavy atom. The SMILES string of the molecule is CCC1(c2ccccc2)CC2CC(C(N)=S)(C1)CC2(C)C.[HH]. The zero-order valence-electron chi connectivity index (χ0n) is 13.5. The maximum atomic E-state index is 6.25. The molecule has 0 aliphatic heterocycles. The first-order valence-corrected chi connectivity index (χ1v) is 8.60. The molecule has 2 bridgehead atoms. The van der Waals surface area contributed by atoms with Crippen LogP contribution in [0.1, 0.15) is 59.9 Å². The van der Waals surface area contributed by atoms with Gasteiger partial charge in [-0.3, -0.25) is 0 Å². The summed E-state index contributed by atoms with van der Waals surface area (Å²) < 4.78 is 0. The van der Waals surface area contributed by atoms with E-state index in [0.717, 1.165) is 23.7 Å². The average molecular weight is 304 g/mol. The normalized spacial score (nSPS) is 37.4. The monoisotopic (exact) mass is 303 g/mol. The summed E-state index contributed by atoms with van der Waals surface area (Å²) in [6, 6.07) is 11.0. The van der Waals surface area contributed by atoms with Crippen molar-refractivity contribution in [3.63, 3.8) is 0 Å². The minimum absolute atomic E-state index is 0. The summed E-state index contributed by atoms with van der Waals surface area (Å²) in [4.78, 5) is 0.756. The molecule has 0 radical (unpaired) electrons. The van der Waals surface area contributed by atoms with E-state index in [1.807, 2.05) is 0 Å². The zero-order chi connectivity index (χ0) is 15.3. The van der Waals surface area contributed by atoms with E-state index in [4.69, 9.17) is 18.0 Å². The van der Waals surface area contributed by atoms with Gasteiger partial charge in [0.25, 0.3) is 0 Å². The fourth-order valence-corrected chi connectivity index (χ4v) is 5.50. The van der Waals surface area contributed by atoms with Gasteiger partial charge in [0.2, 0.25) is 0 Å². The highest BCUT2D eigenvalue weighted by Crippen LogP contribution is 2.65. The minimum Gasteiger partial charge on any atom is -0.393 e. The number of rotatable bonds is 3. The standard InChI is InChI=1S/C19H27NS.H2/c1-4-18(14-8-6-5-7-9-14)10-15-11-19(13-18,16(20)21)12-17(15,2)3;/h5-9,15H,4,10-13H2,1-3H3,(H2,20,21);1H. The predicted molar refractivity (Wildman–Crippen MR) is 95.5 cm³/mol. The Labute approximate surface area is 135 Å². The molecular weight excluding hydrogens is 274 g/mol. The van der Waals surface area contributed by atoms with Crippen molar-refractivity contribution in [3.8, 4) is 0 Å². The number of nitrogens with two attached hydrogens (primary N) is 1. The lowest BCUT2D eigenvalue weighted by atomic mass is 9.58. The summed E-state index contributed by atoms with van der Waals surface area (Å²) >= 11 is 5.53. The summed E-state index contributed by atoms with van der Waals surface area (Å²) in [6.07, 6.45) is 5.95. The smallest absolute Gasteiger partial charge is 0.0790 e. The van der Waals surface area contributed by atoms with Crippen molar-refractivity contribution >= 4 is 17.2 Å². The lowest BCUT2D eigenvalue weighted by molar-refractivity contribution is 0.151. The molecule has 2 saturated carbocycles. The Bertz CT molecular complexity index is 556. The molecule has 2 fully saturated rings. The van der Waals surface area contributed by atoms with E-state index in [9.17, 15) is 0 Å². The predicted octanol–water partition coefficient (Wildman–Crippen LogP) is 5.08. The number of benzene rings is 1. The summed E-state index contributed by atoms with van der Waals surface area (Å²) in [5.41, 5.74) is 8.41. The third-order valence-corrected chi connectivity index (χ3v) is 6.87. The van der Waals surface area contributed by atoms with Crippen LogP contribution >= 0.6 is 12.2 Å². The molecule has 1 aromatic carbocycles. The second kappa shape index (κ2) is 4.81. The van der Waals surface area contributed by atoms with Gasteiger partial charge in [-0.1, -0.05) is 63.3 Å². The molecule has 116 valence electrons. The molecule has 0 aromatic heterocycles. The van der Waals surface area contributed by atoms with Crippen LogP contribution < -0.4 is 5.73 Å². The maximum Gasteiger partial charge on any atom is 0.0790 e. The number of thiocarbonyl (C=S) groups is 1. The highest BCUT2D eigenvalue weighted by atomic mass is 32.1. The highest BCUT2D eigenvalue weighted by molar-refractivity contribution is 7.80. The van der Waals surface area contributed by atoms with Crippen molar-refractivity contribution in [1.82, 2.24) is 0 Å². The average Bonchev–Trinajstić information content (AvgIpc) is 2.66. The number of fused-ring (bicyclic) bond motifs is 2. The van der Waals surface area contributed by atoms with Crippen molar-refractivity contribution in [2.75, 3.05) is 0 Å². The lowest BCUT2D eigenvalue weighted by Crippen LogP contribution is -2.44. The quantitative estimate of drug-likeness (QED) is 0.788. The summed E-state index contributed by atoms with van der Waals surface area (Å²) in [5.74, 6) is 0.730. The van der Waals surface area contributed by atoms with E-state index in [1.165, 1.54) is 24.8 Å². The molecule has 0 amide bonds. The molecular formula is C19H29NS. The van der Waals surface area contributed by atoms with Gasteiger partial charge >= 0.3 is 0 Å². The second-order valence-corrected chi connectivity index (χ2v) is 8.53. The molecule has 2 aliphatic rings. The summed E-state index contributed by atoms with van der Waals surface area (Å²) in [6.45, 7) is 7.15. The van der Waals surface area contributed by atoms with Crippen molar-refractivity contribution in [2.24, 2.45) is 22.5 Å². The summed E-state index contributed by atoms with van der Waals surface area (Å²) in [5, 5.41) is 0. The molecule has 3 unspecified atom stereocenters. The Kier molecular flexibility index (Phi) is 3.44. The van der Waals surface area contributed by atoms with Gasteiger partial charge in [0.1, 0.15) is 0 Å². The third kappa shape index (κ3) is 2.23. The van der Waals surface area contributed by atoms with Crippen LogP contribution in [0.2, 0.25) is 0 Å². The summed E-state index contributed by atoms with van der Waals surface area (Å²) in [7, 11) is 0. The molecule has 21 heavy (non-hydrogen) atoms. The van der Waals surface area contributed by atoms with E-state index in [0.29, 0.717) is 5.41 Å². The first kappa shape index (κ1) is 15.0. The van der Waals surface area contributed by atoms with E-state index >= 15 is 0 Å². The topological polar surface area (TPSA) is 26.0 Å². The second-order valence-electron chi connectivity index (χ2n) is 8.09. The molecule has 0 saturated heterocycles. The van der Waals surface area contributed by atoms with Crippen molar-refractivity contribution in [2.45, 2.75) is 58.3 Å². The van der Waals surface area contributed by atoms with Crippen LogP contribution in [0.3, 0.4) is 0 Å². The number of hydrogen-bond acceptors (Lipinski definition) is 1. The first-order valence-electron chi connectivity index (χ1n) is 8.19. The molecule has 2 aliphatic carbocycles. The molecule has 1 nitrogen and oxygen atoms in total. The van der Waals surface area contributed by atoms with Gasteiger partial charge in [-0.25, -0.2) is 0 Å². The fraction of sp³-hybridized carbons (Fsp3) is 0.632. The van der Waals surface area contributed by atoms with E-state index in [1.54, 1.807) is 0 Å². The zero-order valence-corrected chi connectivity index (χ0v) is 14.3. The Balaban J connectivity index is 0.00000176. The van der Waals surface area contributed by atoms with Gasteiger partial charge in [-0.05, 0) is 54.4 Å². The van der Waals surface area contributed by atoms with Crippen LogP contribution in [-0.4, -0.2) is 4.99 Å². The lowest BCUT2D eigenvalue weighted by Gasteiger charge is -2.46. The maximum absolute atomic E-state index is 6.25. The van der Waals surface area contributed by atoms with Crippen LogP contribution in [0.25, 0.3) is 0 Å². The fourth-order valence-electron chi connectivity index (χ4n) is 5.27. The molecule has 3 atom stereocenters. The Morgan fingerprint density at radius 3 is 2.48 bits per heavy atom. The Hall–Kier alpha value is -0.890. The van der Waals surface area contributed by atoms with Gasteiger partial charge in [-0.15, -0.1) is 0 Å². The van der Waals surface area contributed by atoms with Crippen LogP contribution in [0.15, 0.2) is 30.3 Å². The molecule has 1 aromatic rings. The number of hydrogen-bond donors (Lipinski definition) is 1. The third-order valence-electron chi connectivity index (χ3n) is 6.44. The van der Waals surface area contributed by atoms with Crippen LogP contribution in [0, 0.1) is 16.7 Å². The van der Waals surface area contributed by atoms with Crippen molar-refractivity contribution < 1.29 is 1.43 Å². The highest BCUT2D eigenvalue weighted by Gasteiger charge is 2.59.